The molecule has 0 bridgehead atoms. The first-order valence-corrected chi connectivity index (χ1v) is 6.79. The van der Waals surface area contributed by atoms with Crippen molar-refractivity contribution >= 4 is 21.6 Å². The molecule has 1 saturated heterocycles. The molecule has 3 heteroatoms. The quantitative estimate of drug-likeness (QED) is 0.924. The van der Waals surface area contributed by atoms with Crippen LogP contribution in [0.2, 0.25) is 0 Å². The molecule has 1 fully saturated rings. The predicted molar refractivity (Wildman–Crippen MR) is 72.8 cm³/mol. The summed E-state index contributed by atoms with van der Waals surface area (Å²) in [5.41, 5.74) is 6.98. The van der Waals surface area contributed by atoms with Gasteiger partial charge in [-0.2, -0.15) is 0 Å². The Morgan fingerprint density at radius 1 is 1.31 bits per heavy atom. The lowest BCUT2D eigenvalue weighted by atomic mass is 9.94. The zero-order chi connectivity index (χ0) is 11.4. The molecule has 0 radical (unpaired) electrons. The van der Waals surface area contributed by atoms with Gasteiger partial charge in [0, 0.05) is 23.2 Å². The van der Waals surface area contributed by atoms with E-state index in [1.54, 1.807) is 0 Å². The van der Waals surface area contributed by atoms with Crippen molar-refractivity contribution in [2.75, 3.05) is 24.5 Å². The van der Waals surface area contributed by atoms with Gasteiger partial charge in [-0.25, -0.2) is 0 Å². The third kappa shape index (κ3) is 2.98. The Kier molecular flexibility index (Phi) is 4.24. The molecule has 1 atom stereocenters. The summed E-state index contributed by atoms with van der Waals surface area (Å²) in [5, 5.41) is 0. The Labute approximate surface area is 106 Å². The number of benzene rings is 1. The van der Waals surface area contributed by atoms with Gasteiger partial charge >= 0.3 is 0 Å². The van der Waals surface area contributed by atoms with Gasteiger partial charge in [0.15, 0.2) is 0 Å². The van der Waals surface area contributed by atoms with E-state index in [1.165, 1.54) is 31.6 Å². The van der Waals surface area contributed by atoms with Gasteiger partial charge < -0.3 is 10.6 Å². The summed E-state index contributed by atoms with van der Waals surface area (Å²) in [4.78, 5) is 2.48. The fraction of sp³-hybridized carbons (Fsp3) is 0.538. The van der Waals surface area contributed by atoms with Crippen LogP contribution < -0.4 is 10.6 Å². The predicted octanol–water partition coefficient (Wildman–Crippen LogP) is 3.01. The zero-order valence-corrected chi connectivity index (χ0v) is 11.1. The zero-order valence-electron chi connectivity index (χ0n) is 9.53. The Hall–Kier alpha value is -0.540. The van der Waals surface area contributed by atoms with Gasteiger partial charge in [0.05, 0.1) is 0 Å². The molecular weight excluding hydrogens is 264 g/mol. The maximum atomic E-state index is 5.64. The molecule has 1 aromatic carbocycles. The second kappa shape index (κ2) is 5.69. The highest BCUT2D eigenvalue weighted by atomic mass is 79.9. The molecule has 1 heterocycles. The van der Waals surface area contributed by atoms with Crippen LogP contribution in [0, 0.1) is 5.92 Å². The minimum Gasteiger partial charge on any atom is -0.371 e. The van der Waals surface area contributed by atoms with Crippen LogP contribution in [-0.2, 0) is 0 Å². The van der Waals surface area contributed by atoms with E-state index in [2.05, 4.69) is 45.1 Å². The average Bonchev–Trinajstić information content (AvgIpc) is 2.31. The van der Waals surface area contributed by atoms with Gasteiger partial charge in [0.1, 0.15) is 0 Å². The van der Waals surface area contributed by atoms with Gasteiger partial charge in [0.25, 0.3) is 0 Å². The van der Waals surface area contributed by atoms with Crippen molar-refractivity contribution in [3.8, 4) is 0 Å². The number of nitrogens with two attached hydrogens (primary N) is 1. The fourth-order valence-corrected chi connectivity index (χ4v) is 2.69. The molecule has 0 spiro atoms. The topological polar surface area (TPSA) is 29.3 Å². The first kappa shape index (κ1) is 11.9. The lowest BCUT2D eigenvalue weighted by Gasteiger charge is -2.34. The van der Waals surface area contributed by atoms with Crippen LogP contribution in [-0.4, -0.2) is 19.6 Å². The first-order chi connectivity index (χ1) is 7.79. The minimum absolute atomic E-state index is 0.780. The number of halogens is 1. The van der Waals surface area contributed by atoms with Crippen molar-refractivity contribution < 1.29 is 0 Å². The lowest BCUT2D eigenvalue weighted by molar-refractivity contribution is 0.396. The fourth-order valence-electron chi connectivity index (χ4n) is 2.42. The number of piperidine rings is 1. The van der Waals surface area contributed by atoms with Gasteiger partial charge in [-0.05, 0) is 56.0 Å². The first-order valence-electron chi connectivity index (χ1n) is 6.00. The molecule has 16 heavy (non-hydrogen) atoms. The van der Waals surface area contributed by atoms with Crippen LogP contribution in [0.5, 0.6) is 0 Å². The van der Waals surface area contributed by atoms with Gasteiger partial charge in [0.2, 0.25) is 0 Å². The van der Waals surface area contributed by atoms with Crippen molar-refractivity contribution in [3.63, 3.8) is 0 Å². The highest BCUT2D eigenvalue weighted by Gasteiger charge is 2.19. The molecule has 0 saturated carbocycles. The van der Waals surface area contributed by atoms with Crippen LogP contribution in [0.4, 0.5) is 5.69 Å². The molecule has 0 aromatic heterocycles. The monoisotopic (exact) mass is 282 g/mol. The molecule has 88 valence electrons. The van der Waals surface area contributed by atoms with E-state index in [0.29, 0.717) is 0 Å². The summed E-state index contributed by atoms with van der Waals surface area (Å²) in [6, 6.07) is 8.60. The maximum Gasteiger partial charge on any atom is 0.0367 e. The van der Waals surface area contributed by atoms with Gasteiger partial charge in [-0.3, -0.25) is 0 Å². The van der Waals surface area contributed by atoms with E-state index in [9.17, 15) is 0 Å². The molecule has 0 aliphatic carbocycles. The van der Waals surface area contributed by atoms with Crippen LogP contribution in [0.25, 0.3) is 0 Å². The van der Waals surface area contributed by atoms with Crippen molar-refractivity contribution in [1.29, 1.82) is 0 Å². The molecule has 2 rings (SSSR count). The van der Waals surface area contributed by atoms with E-state index in [-0.39, 0.29) is 0 Å². The lowest BCUT2D eigenvalue weighted by Crippen LogP contribution is -2.36. The van der Waals surface area contributed by atoms with E-state index in [4.69, 9.17) is 5.73 Å². The Morgan fingerprint density at radius 3 is 2.75 bits per heavy atom. The summed E-state index contributed by atoms with van der Waals surface area (Å²) in [6.07, 6.45) is 3.79. The minimum atomic E-state index is 0.780. The highest BCUT2D eigenvalue weighted by Crippen LogP contribution is 2.25. The van der Waals surface area contributed by atoms with E-state index in [1.807, 2.05) is 0 Å². The molecular formula is C13H19BrN2. The van der Waals surface area contributed by atoms with Crippen LogP contribution >= 0.6 is 15.9 Å². The van der Waals surface area contributed by atoms with Crippen LogP contribution in [0.15, 0.2) is 28.7 Å². The number of nitrogens with zero attached hydrogens (tertiary/aromatic N) is 1. The summed E-state index contributed by atoms with van der Waals surface area (Å²) < 4.78 is 1.15. The molecule has 1 aliphatic heterocycles. The normalized spacial score (nSPS) is 21.1. The molecule has 0 amide bonds. The SMILES string of the molecule is NCCC1CCCN(c2ccc(Br)cc2)C1. The second-order valence-electron chi connectivity index (χ2n) is 4.51. The van der Waals surface area contributed by atoms with Gasteiger partial charge in [-0.15, -0.1) is 0 Å². The van der Waals surface area contributed by atoms with E-state index >= 15 is 0 Å². The number of anilines is 1. The number of hydrogen-bond donors (Lipinski definition) is 1. The Balaban J connectivity index is 2.01. The largest absolute Gasteiger partial charge is 0.371 e. The molecule has 1 aromatic rings. The number of hydrogen-bond acceptors (Lipinski definition) is 2. The Morgan fingerprint density at radius 2 is 2.06 bits per heavy atom. The second-order valence-corrected chi connectivity index (χ2v) is 5.42. The van der Waals surface area contributed by atoms with Crippen molar-refractivity contribution in [2.45, 2.75) is 19.3 Å². The van der Waals surface area contributed by atoms with Crippen molar-refractivity contribution in [2.24, 2.45) is 11.7 Å². The molecule has 2 nitrogen and oxygen atoms in total. The average molecular weight is 283 g/mol. The maximum absolute atomic E-state index is 5.64. The third-order valence-electron chi connectivity index (χ3n) is 3.29. The molecule has 2 N–H and O–H groups in total. The van der Waals surface area contributed by atoms with Crippen molar-refractivity contribution in [3.05, 3.63) is 28.7 Å². The van der Waals surface area contributed by atoms with E-state index in [0.717, 1.165) is 23.4 Å². The molecule has 1 aliphatic rings. The van der Waals surface area contributed by atoms with Crippen LogP contribution in [0.3, 0.4) is 0 Å². The van der Waals surface area contributed by atoms with E-state index < -0.39 is 0 Å². The smallest absolute Gasteiger partial charge is 0.0367 e. The summed E-state index contributed by atoms with van der Waals surface area (Å²) in [5.74, 6) is 0.780. The van der Waals surface area contributed by atoms with Crippen LogP contribution in [0.1, 0.15) is 19.3 Å². The van der Waals surface area contributed by atoms with Crippen molar-refractivity contribution in [1.82, 2.24) is 0 Å². The standard InChI is InChI=1S/C13H19BrN2/c14-12-3-5-13(6-4-12)16-9-1-2-11(10-16)7-8-15/h3-6,11H,1-2,7-10,15H2. The summed E-state index contributed by atoms with van der Waals surface area (Å²) in [6.45, 7) is 3.17. The summed E-state index contributed by atoms with van der Waals surface area (Å²) in [7, 11) is 0. The molecule has 1 unspecified atom stereocenters. The summed E-state index contributed by atoms with van der Waals surface area (Å²) >= 11 is 3.47. The Bertz CT molecular complexity index is 321. The number of rotatable bonds is 3. The highest BCUT2D eigenvalue weighted by molar-refractivity contribution is 9.10. The third-order valence-corrected chi connectivity index (χ3v) is 3.81. The van der Waals surface area contributed by atoms with Gasteiger partial charge in [-0.1, -0.05) is 15.9 Å².